The number of hydrogen-bond donors (Lipinski definition) is 3. The number of pyridine rings is 1. The van der Waals surface area contributed by atoms with Gasteiger partial charge in [0.25, 0.3) is 0 Å². The summed E-state index contributed by atoms with van der Waals surface area (Å²) in [6.07, 6.45) is 4.92. The molecule has 7 heteroatoms. The molecule has 0 saturated carbocycles. The zero-order chi connectivity index (χ0) is 17.5. The van der Waals surface area contributed by atoms with Gasteiger partial charge < -0.3 is 16.8 Å². The lowest BCUT2D eigenvalue weighted by atomic mass is 10.3. The molecule has 0 atom stereocenters. The molecule has 1 aromatic carbocycles. The number of nitrogens with one attached hydrogen (secondary N) is 1. The van der Waals surface area contributed by atoms with E-state index in [9.17, 15) is 4.39 Å². The van der Waals surface area contributed by atoms with E-state index in [1.54, 1.807) is 37.5 Å². The Morgan fingerprint density at radius 1 is 1.29 bits per heavy atom. The molecule has 2 rings (SSSR count). The van der Waals surface area contributed by atoms with Gasteiger partial charge in [-0.1, -0.05) is 18.3 Å². The second-order valence-electron chi connectivity index (χ2n) is 4.91. The van der Waals surface area contributed by atoms with Crippen molar-refractivity contribution in [3.8, 4) is 0 Å². The predicted octanol–water partition coefficient (Wildman–Crippen LogP) is 3.28. The average molecular weight is 343 g/mol. The molecule has 0 radical (unpaired) electrons. The van der Waals surface area contributed by atoms with E-state index in [0.29, 0.717) is 22.1 Å². The van der Waals surface area contributed by atoms with Crippen LogP contribution in [-0.4, -0.2) is 10.8 Å². The normalized spacial score (nSPS) is 12.1. The number of aromatic nitrogens is 1. The van der Waals surface area contributed by atoms with E-state index in [-0.39, 0.29) is 11.7 Å². The topological polar surface area (TPSA) is 89.3 Å². The average Bonchev–Trinajstić information content (AvgIpc) is 2.50. The summed E-state index contributed by atoms with van der Waals surface area (Å²) in [7, 11) is 0. The summed E-state index contributed by atoms with van der Waals surface area (Å²) in [6, 6.07) is 8.36. The maximum atomic E-state index is 14.2. The number of allylic oxidation sites excluding steroid dienone is 1. The summed E-state index contributed by atoms with van der Waals surface area (Å²) in [4.78, 5) is 9.51. The van der Waals surface area contributed by atoms with Gasteiger partial charge in [0.1, 0.15) is 11.7 Å². The third-order valence-corrected chi connectivity index (χ3v) is 3.83. The van der Waals surface area contributed by atoms with Crippen LogP contribution in [0, 0.1) is 5.82 Å². The van der Waals surface area contributed by atoms with Gasteiger partial charge in [0.05, 0.1) is 11.5 Å². The minimum atomic E-state index is -0.361. The first-order valence-corrected chi connectivity index (χ1v) is 7.87. The quantitative estimate of drug-likeness (QED) is 0.553. The third kappa shape index (κ3) is 5.44. The SMILES string of the molecule is C=C(N)NC(C)=CC(N)=Nc1ccc(Sc2ccncc2)c(F)c1. The number of aliphatic imine (C=N–C) groups is 1. The lowest BCUT2D eigenvalue weighted by Gasteiger charge is -2.05. The van der Waals surface area contributed by atoms with Crippen molar-refractivity contribution < 1.29 is 4.39 Å². The molecule has 0 amide bonds. The van der Waals surface area contributed by atoms with Crippen LogP contribution in [0.25, 0.3) is 0 Å². The summed E-state index contributed by atoms with van der Waals surface area (Å²) >= 11 is 1.32. The van der Waals surface area contributed by atoms with E-state index in [1.165, 1.54) is 17.8 Å². The van der Waals surface area contributed by atoms with Crippen LogP contribution in [0.5, 0.6) is 0 Å². The molecule has 0 spiro atoms. The van der Waals surface area contributed by atoms with Crippen LogP contribution < -0.4 is 16.8 Å². The minimum Gasteiger partial charge on any atom is -0.386 e. The Hall–Kier alpha value is -2.80. The maximum Gasteiger partial charge on any atom is 0.139 e. The molecule has 0 aliphatic carbocycles. The fourth-order valence-electron chi connectivity index (χ4n) is 1.87. The molecule has 0 bridgehead atoms. The standard InChI is InChI=1S/C17H18FN5S/c1-11(22-12(2)19)9-17(20)23-13-3-4-16(15(18)10-13)24-14-5-7-21-8-6-14/h3-10,22H,2,19H2,1H3,(H2,20,23). The Labute approximate surface area is 144 Å². The van der Waals surface area contributed by atoms with Gasteiger partial charge in [-0.2, -0.15) is 0 Å². The van der Waals surface area contributed by atoms with Crippen molar-refractivity contribution in [1.82, 2.24) is 10.3 Å². The molecular formula is C17H18FN5S. The third-order valence-electron chi connectivity index (χ3n) is 2.77. The van der Waals surface area contributed by atoms with Crippen molar-refractivity contribution in [2.45, 2.75) is 16.7 Å². The van der Waals surface area contributed by atoms with E-state index >= 15 is 0 Å². The number of halogens is 1. The van der Waals surface area contributed by atoms with Gasteiger partial charge in [0.15, 0.2) is 0 Å². The minimum absolute atomic E-state index is 0.232. The largest absolute Gasteiger partial charge is 0.386 e. The number of benzene rings is 1. The number of nitrogens with two attached hydrogens (primary N) is 2. The Morgan fingerprint density at radius 3 is 2.62 bits per heavy atom. The molecule has 5 N–H and O–H groups in total. The molecule has 0 unspecified atom stereocenters. The van der Waals surface area contributed by atoms with Crippen LogP contribution in [0.1, 0.15) is 6.92 Å². The lowest BCUT2D eigenvalue weighted by molar-refractivity contribution is 0.602. The molecule has 1 aromatic heterocycles. The van der Waals surface area contributed by atoms with E-state index in [1.807, 2.05) is 12.1 Å². The van der Waals surface area contributed by atoms with Crippen molar-refractivity contribution in [3.63, 3.8) is 0 Å². The first-order chi connectivity index (χ1) is 11.4. The first kappa shape index (κ1) is 17.6. The highest BCUT2D eigenvalue weighted by Crippen LogP contribution is 2.31. The molecule has 0 saturated heterocycles. The highest BCUT2D eigenvalue weighted by atomic mass is 32.2. The van der Waals surface area contributed by atoms with Gasteiger partial charge in [-0.25, -0.2) is 9.38 Å². The Morgan fingerprint density at radius 2 is 2.00 bits per heavy atom. The van der Waals surface area contributed by atoms with E-state index < -0.39 is 0 Å². The van der Waals surface area contributed by atoms with Crippen LogP contribution in [0.4, 0.5) is 10.1 Å². The van der Waals surface area contributed by atoms with Crippen molar-refractivity contribution in [1.29, 1.82) is 0 Å². The van der Waals surface area contributed by atoms with Gasteiger partial charge in [-0.05, 0) is 37.3 Å². The second kappa shape index (κ2) is 8.16. The van der Waals surface area contributed by atoms with Crippen molar-refractivity contribution in [2.24, 2.45) is 16.5 Å². The molecule has 1 heterocycles. The Bertz CT molecular complexity index is 787. The van der Waals surface area contributed by atoms with Gasteiger partial charge in [-0.3, -0.25) is 4.98 Å². The summed E-state index contributed by atoms with van der Waals surface area (Å²) in [5.74, 6) is 0.176. The van der Waals surface area contributed by atoms with Gasteiger partial charge in [0.2, 0.25) is 0 Å². The first-order valence-electron chi connectivity index (χ1n) is 7.05. The number of nitrogens with zero attached hydrogens (tertiary/aromatic N) is 2. The highest BCUT2D eigenvalue weighted by molar-refractivity contribution is 7.99. The molecule has 2 aromatic rings. The van der Waals surface area contributed by atoms with Crippen LogP contribution in [0.2, 0.25) is 0 Å². The van der Waals surface area contributed by atoms with Gasteiger partial charge in [0, 0.05) is 33.9 Å². The van der Waals surface area contributed by atoms with Crippen molar-refractivity contribution in [2.75, 3.05) is 0 Å². The van der Waals surface area contributed by atoms with Crippen LogP contribution >= 0.6 is 11.8 Å². The zero-order valence-corrected chi connectivity index (χ0v) is 14.0. The molecular weight excluding hydrogens is 325 g/mol. The summed E-state index contributed by atoms with van der Waals surface area (Å²) in [5.41, 5.74) is 12.4. The van der Waals surface area contributed by atoms with Crippen molar-refractivity contribution in [3.05, 3.63) is 72.7 Å². The second-order valence-corrected chi connectivity index (χ2v) is 6.03. The van der Waals surface area contributed by atoms with E-state index in [4.69, 9.17) is 11.5 Å². The number of rotatable bonds is 6. The van der Waals surface area contributed by atoms with E-state index in [2.05, 4.69) is 21.9 Å². The van der Waals surface area contributed by atoms with Gasteiger partial charge in [-0.15, -0.1) is 0 Å². The molecule has 0 fully saturated rings. The predicted molar refractivity (Wildman–Crippen MR) is 96.3 cm³/mol. The molecule has 24 heavy (non-hydrogen) atoms. The fraction of sp³-hybridized carbons (Fsp3) is 0.0588. The monoisotopic (exact) mass is 343 g/mol. The highest BCUT2D eigenvalue weighted by Gasteiger charge is 2.05. The Kier molecular flexibility index (Phi) is 5.97. The molecule has 0 aliphatic rings. The molecule has 0 aliphatic heterocycles. The lowest BCUT2D eigenvalue weighted by Crippen LogP contribution is -2.19. The van der Waals surface area contributed by atoms with E-state index in [0.717, 1.165) is 4.90 Å². The van der Waals surface area contributed by atoms with Gasteiger partial charge >= 0.3 is 0 Å². The van der Waals surface area contributed by atoms with Crippen LogP contribution in [0.15, 0.2) is 81.7 Å². The molecule has 5 nitrogen and oxygen atoms in total. The summed E-state index contributed by atoms with van der Waals surface area (Å²) in [6.45, 7) is 5.30. The van der Waals surface area contributed by atoms with Crippen molar-refractivity contribution >= 4 is 23.3 Å². The fourth-order valence-corrected chi connectivity index (χ4v) is 2.67. The molecule has 124 valence electrons. The summed E-state index contributed by atoms with van der Waals surface area (Å²) < 4.78 is 14.2. The van der Waals surface area contributed by atoms with Crippen LogP contribution in [-0.2, 0) is 0 Å². The Balaban J connectivity index is 2.14. The summed E-state index contributed by atoms with van der Waals surface area (Å²) in [5, 5.41) is 2.81. The number of amidine groups is 1. The smallest absolute Gasteiger partial charge is 0.139 e. The maximum absolute atomic E-state index is 14.2. The zero-order valence-electron chi connectivity index (χ0n) is 13.2. The van der Waals surface area contributed by atoms with Crippen LogP contribution in [0.3, 0.4) is 0 Å². The number of hydrogen-bond acceptors (Lipinski definition) is 5.